The SMILES string of the molecule is CN(C)C(=O)CNCc1ccc(C(=O)O)o1. The number of amides is 1. The van der Waals surface area contributed by atoms with Crippen LogP contribution in [-0.4, -0.2) is 42.5 Å². The normalized spacial score (nSPS) is 10.1. The Labute approximate surface area is 92.8 Å². The second kappa shape index (κ2) is 5.32. The summed E-state index contributed by atoms with van der Waals surface area (Å²) >= 11 is 0. The van der Waals surface area contributed by atoms with Crippen LogP contribution in [0.1, 0.15) is 16.3 Å². The van der Waals surface area contributed by atoms with Gasteiger partial charge in [-0.1, -0.05) is 0 Å². The fraction of sp³-hybridized carbons (Fsp3) is 0.400. The van der Waals surface area contributed by atoms with Crippen molar-refractivity contribution in [3.05, 3.63) is 23.7 Å². The van der Waals surface area contributed by atoms with Crippen molar-refractivity contribution in [2.45, 2.75) is 6.54 Å². The van der Waals surface area contributed by atoms with E-state index in [0.717, 1.165) is 0 Å². The van der Waals surface area contributed by atoms with Crippen LogP contribution in [-0.2, 0) is 11.3 Å². The van der Waals surface area contributed by atoms with Gasteiger partial charge in [-0.05, 0) is 12.1 Å². The van der Waals surface area contributed by atoms with Gasteiger partial charge in [0.15, 0.2) is 0 Å². The number of carbonyl (C=O) groups is 2. The molecule has 2 N–H and O–H groups in total. The van der Waals surface area contributed by atoms with Gasteiger partial charge in [0.1, 0.15) is 5.76 Å². The number of nitrogens with zero attached hydrogens (tertiary/aromatic N) is 1. The van der Waals surface area contributed by atoms with Gasteiger partial charge in [-0.25, -0.2) is 4.79 Å². The van der Waals surface area contributed by atoms with Gasteiger partial charge in [0, 0.05) is 14.1 Å². The number of carbonyl (C=O) groups excluding carboxylic acids is 1. The summed E-state index contributed by atoms with van der Waals surface area (Å²) in [5.74, 6) is -0.764. The smallest absolute Gasteiger partial charge is 0.371 e. The molecular formula is C10H14N2O4. The second-order valence-electron chi connectivity index (χ2n) is 3.46. The third-order valence-electron chi connectivity index (χ3n) is 1.95. The van der Waals surface area contributed by atoms with Crippen molar-refractivity contribution >= 4 is 11.9 Å². The average Bonchev–Trinajstić information content (AvgIpc) is 2.66. The topological polar surface area (TPSA) is 82.8 Å². The van der Waals surface area contributed by atoms with Gasteiger partial charge in [-0.15, -0.1) is 0 Å². The summed E-state index contributed by atoms with van der Waals surface area (Å²) in [5, 5.41) is 11.5. The highest BCUT2D eigenvalue weighted by atomic mass is 16.4. The van der Waals surface area contributed by atoms with Crippen molar-refractivity contribution in [1.82, 2.24) is 10.2 Å². The van der Waals surface area contributed by atoms with Crippen LogP contribution in [0.15, 0.2) is 16.5 Å². The number of rotatable bonds is 5. The van der Waals surface area contributed by atoms with E-state index in [9.17, 15) is 9.59 Å². The molecule has 0 aliphatic carbocycles. The molecule has 0 unspecified atom stereocenters. The summed E-state index contributed by atoms with van der Waals surface area (Å²) in [4.78, 5) is 23.2. The molecule has 1 heterocycles. The Hall–Kier alpha value is -1.82. The Morgan fingerprint density at radius 3 is 2.62 bits per heavy atom. The number of hydrogen-bond acceptors (Lipinski definition) is 4. The van der Waals surface area contributed by atoms with E-state index in [4.69, 9.17) is 9.52 Å². The first-order chi connectivity index (χ1) is 7.50. The molecule has 0 atom stereocenters. The largest absolute Gasteiger partial charge is 0.475 e. The molecule has 0 bridgehead atoms. The lowest BCUT2D eigenvalue weighted by Crippen LogP contribution is -2.32. The maximum Gasteiger partial charge on any atom is 0.371 e. The summed E-state index contributed by atoms with van der Waals surface area (Å²) in [6.07, 6.45) is 0. The summed E-state index contributed by atoms with van der Waals surface area (Å²) in [5.41, 5.74) is 0. The van der Waals surface area contributed by atoms with E-state index in [1.807, 2.05) is 0 Å². The van der Waals surface area contributed by atoms with Crippen LogP contribution in [0.2, 0.25) is 0 Å². The highest BCUT2D eigenvalue weighted by Gasteiger charge is 2.09. The van der Waals surface area contributed by atoms with Crippen LogP contribution < -0.4 is 5.32 Å². The minimum Gasteiger partial charge on any atom is -0.475 e. The Bertz CT molecular complexity index is 384. The fourth-order valence-corrected chi connectivity index (χ4v) is 1.04. The number of furan rings is 1. The predicted octanol–water partition coefficient (Wildman–Crippen LogP) is 0.156. The first kappa shape index (κ1) is 12.3. The maximum absolute atomic E-state index is 11.2. The monoisotopic (exact) mass is 226 g/mol. The minimum absolute atomic E-state index is 0.0509. The van der Waals surface area contributed by atoms with E-state index in [0.29, 0.717) is 12.3 Å². The van der Waals surface area contributed by atoms with Gasteiger partial charge in [-0.2, -0.15) is 0 Å². The van der Waals surface area contributed by atoms with Crippen molar-refractivity contribution in [3.63, 3.8) is 0 Å². The lowest BCUT2D eigenvalue weighted by atomic mass is 10.4. The molecule has 1 amide bonds. The quantitative estimate of drug-likeness (QED) is 0.747. The van der Waals surface area contributed by atoms with E-state index in [-0.39, 0.29) is 18.2 Å². The van der Waals surface area contributed by atoms with Crippen LogP contribution in [0, 0.1) is 0 Å². The molecule has 0 aromatic carbocycles. The fourth-order valence-electron chi connectivity index (χ4n) is 1.04. The summed E-state index contributed by atoms with van der Waals surface area (Å²) < 4.78 is 5.00. The molecule has 1 aromatic heterocycles. The zero-order chi connectivity index (χ0) is 12.1. The number of nitrogens with one attached hydrogen (secondary N) is 1. The minimum atomic E-state index is -1.10. The molecule has 16 heavy (non-hydrogen) atoms. The molecule has 6 nitrogen and oxygen atoms in total. The average molecular weight is 226 g/mol. The molecule has 0 radical (unpaired) electrons. The molecule has 0 aliphatic heterocycles. The van der Waals surface area contributed by atoms with Gasteiger partial charge >= 0.3 is 5.97 Å². The molecular weight excluding hydrogens is 212 g/mol. The first-order valence-electron chi connectivity index (χ1n) is 4.73. The predicted molar refractivity (Wildman–Crippen MR) is 56.1 cm³/mol. The zero-order valence-corrected chi connectivity index (χ0v) is 9.19. The summed E-state index contributed by atoms with van der Waals surface area (Å²) in [6.45, 7) is 0.517. The number of hydrogen-bond donors (Lipinski definition) is 2. The van der Waals surface area contributed by atoms with Crippen LogP contribution in [0.4, 0.5) is 0 Å². The lowest BCUT2D eigenvalue weighted by molar-refractivity contribution is -0.127. The molecule has 0 spiro atoms. The highest BCUT2D eigenvalue weighted by Crippen LogP contribution is 2.07. The second-order valence-corrected chi connectivity index (χ2v) is 3.46. The van der Waals surface area contributed by atoms with Gasteiger partial charge in [0.05, 0.1) is 13.1 Å². The number of aromatic carboxylic acids is 1. The molecule has 88 valence electrons. The third-order valence-corrected chi connectivity index (χ3v) is 1.95. The molecule has 1 aromatic rings. The van der Waals surface area contributed by atoms with Crippen molar-refractivity contribution in [1.29, 1.82) is 0 Å². The molecule has 0 fully saturated rings. The van der Waals surface area contributed by atoms with Crippen molar-refractivity contribution in [2.24, 2.45) is 0 Å². The lowest BCUT2D eigenvalue weighted by Gasteiger charge is -2.09. The van der Waals surface area contributed by atoms with Crippen molar-refractivity contribution in [3.8, 4) is 0 Å². The Kier molecular flexibility index (Phi) is 4.07. The standard InChI is InChI=1S/C10H14N2O4/c1-12(2)9(13)6-11-5-7-3-4-8(16-7)10(14)15/h3-4,11H,5-6H2,1-2H3,(H,14,15). The van der Waals surface area contributed by atoms with Crippen molar-refractivity contribution in [2.75, 3.05) is 20.6 Å². The van der Waals surface area contributed by atoms with Crippen LogP contribution >= 0.6 is 0 Å². The number of carboxylic acids is 1. The number of carboxylic acid groups (broad SMARTS) is 1. The van der Waals surface area contributed by atoms with Gasteiger partial charge in [-0.3, -0.25) is 4.79 Å². The molecule has 0 saturated heterocycles. The van der Waals surface area contributed by atoms with Gasteiger partial charge in [0.2, 0.25) is 11.7 Å². The highest BCUT2D eigenvalue weighted by molar-refractivity contribution is 5.84. The molecule has 6 heteroatoms. The first-order valence-corrected chi connectivity index (χ1v) is 4.73. The van der Waals surface area contributed by atoms with Crippen LogP contribution in [0.25, 0.3) is 0 Å². The Morgan fingerprint density at radius 2 is 2.12 bits per heavy atom. The van der Waals surface area contributed by atoms with Crippen LogP contribution in [0.3, 0.4) is 0 Å². The van der Waals surface area contributed by atoms with Crippen molar-refractivity contribution < 1.29 is 19.1 Å². The maximum atomic E-state index is 11.2. The summed E-state index contributed by atoms with van der Waals surface area (Å²) in [7, 11) is 3.33. The van der Waals surface area contributed by atoms with Gasteiger partial charge in [0.25, 0.3) is 0 Å². The van der Waals surface area contributed by atoms with E-state index in [2.05, 4.69) is 5.32 Å². The van der Waals surface area contributed by atoms with Gasteiger partial charge < -0.3 is 19.7 Å². The third kappa shape index (κ3) is 3.39. The van der Waals surface area contributed by atoms with Crippen LogP contribution in [0.5, 0.6) is 0 Å². The molecule has 1 rings (SSSR count). The van der Waals surface area contributed by atoms with E-state index < -0.39 is 5.97 Å². The summed E-state index contributed by atoms with van der Waals surface area (Å²) in [6, 6.07) is 2.95. The Morgan fingerprint density at radius 1 is 1.44 bits per heavy atom. The van der Waals surface area contributed by atoms with E-state index in [1.54, 1.807) is 20.2 Å². The Balaban J connectivity index is 2.37. The van der Waals surface area contributed by atoms with E-state index in [1.165, 1.54) is 11.0 Å². The molecule has 0 aliphatic rings. The zero-order valence-electron chi connectivity index (χ0n) is 9.19. The molecule has 0 saturated carbocycles. The van der Waals surface area contributed by atoms with E-state index >= 15 is 0 Å². The number of likely N-dealkylation sites (N-methyl/N-ethyl adjacent to an activating group) is 1.